The lowest BCUT2D eigenvalue weighted by Gasteiger charge is -2.26. The van der Waals surface area contributed by atoms with E-state index < -0.39 is 0 Å². The maximum atomic E-state index is 9.14. The van der Waals surface area contributed by atoms with E-state index in [4.69, 9.17) is 19.3 Å². The molecule has 0 spiro atoms. The quantitative estimate of drug-likeness (QED) is 0.830. The normalized spacial score (nSPS) is 16.3. The summed E-state index contributed by atoms with van der Waals surface area (Å²) < 4.78 is 16.3. The van der Waals surface area contributed by atoms with Gasteiger partial charge in [-0.05, 0) is 17.7 Å². The van der Waals surface area contributed by atoms with Gasteiger partial charge in [0.2, 0.25) is 0 Å². The van der Waals surface area contributed by atoms with Crippen LogP contribution in [-0.4, -0.2) is 56.6 Å². The minimum atomic E-state index is 0.00379. The predicted octanol–water partition coefficient (Wildman–Crippen LogP) is 0.898. The maximum absolute atomic E-state index is 9.14. The fourth-order valence-corrected chi connectivity index (χ4v) is 2.04. The number of hydrogen-bond donors (Lipinski definition) is 1. The molecule has 1 aliphatic heterocycles. The summed E-state index contributed by atoms with van der Waals surface area (Å²) in [7, 11) is 1.61. The van der Waals surface area contributed by atoms with Crippen LogP contribution in [0.15, 0.2) is 18.2 Å². The lowest BCUT2D eigenvalue weighted by Crippen LogP contribution is -2.38. The molecule has 5 heteroatoms. The van der Waals surface area contributed by atoms with Crippen LogP contribution in [0.3, 0.4) is 0 Å². The van der Waals surface area contributed by atoms with Crippen molar-refractivity contribution >= 4 is 0 Å². The molecule has 0 amide bonds. The van der Waals surface area contributed by atoms with Crippen LogP contribution in [0.5, 0.6) is 11.5 Å². The van der Waals surface area contributed by atoms with Crippen molar-refractivity contribution in [2.45, 2.75) is 6.61 Å². The molecule has 1 aromatic carbocycles. The number of rotatable bonds is 6. The van der Waals surface area contributed by atoms with Crippen LogP contribution in [0.4, 0.5) is 0 Å². The zero-order chi connectivity index (χ0) is 13.5. The third-order valence-corrected chi connectivity index (χ3v) is 3.18. The van der Waals surface area contributed by atoms with E-state index in [0.717, 1.165) is 38.4 Å². The standard InChI is InChI=1S/C14H21NO4/c1-17-13-3-2-12(11-16)10-14(13)19-9-6-15-4-7-18-8-5-15/h2-3,10,16H,4-9,11H2,1H3. The molecule has 0 unspecified atom stereocenters. The third-order valence-electron chi connectivity index (χ3n) is 3.18. The van der Waals surface area contributed by atoms with Crippen molar-refractivity contribution in [3.63, 3.8) is 0 Å². The third kappa shape index (κ3) is 4.09. The first-order valence-electron chi connectivity index (χ1n) is 6.54. The second-order valence-corrected chi connectivity index (χ2v) is 4.45. The zero-order valence-electron chi connectivity index (χ0n) is 11.3. The molecule has 0 radical (unpaired) electrons. The van der Waals surface area contributed by atoms with Crippen LogP contribution < -0.4 is 9.47 Å². The largest absolute Gasteiger partial charge is 0.493 e. The van der Waals surface area contributed by atoms with Crippen LogP contribution >= 0.6 is 0 Å². The van der Waals surface area contributed by atoms with E-state index in [2.05, 4.69) is 4.90 Å². The van der Waals surface area contributed by atoms with Gasteiger partial charge in [0.25, 0.3) is 0 Å². The van der Waals surface area contributed by atoms with Crippen molar-refractivity contribution in [3.8, 4) is 11.5 Å². The molecule has 0 atom stereocenters. The summed E-state index contributed by atoms with van der Waals surface area (Å²) >= 11 is 0. The SMILES string of the molecule is COc1ccc(CO)cc1OCCN1CCOCC1. The first kappa shape index (κ1) is 14.1. The fourth-order valence-electron chi connectivity index (χ4n) is 2.04. The Morgan fingerprint density at radius 3 is 2.74 bits per heavy atom. The molecule has 0 aliphatic carbocycles. The van der Waals surface area contributed by atoms with E-state index in [1.165, 1.54) is 0 Å². The first-order chi connectivity index (χ1) is 9.33. The molecular formula is C14H21NO4. The van der Waals surface area contributed by atoms with E-state index in [9.17, 15) is 0 Å². The van der Waals surface area contributed by atoms with Crippen LogP contribution in [0.2, 0.25) is 0 Å². The van der Waals surface area contributed by atoms with Crippen molar-refractivity contribution in [3.05, 3.63) is 23.8 Å². The molecule has 1 aromatic rings. The Labute approximate surface area is 113 Å². The topological polar surface area (TPSA) is 51.2 Å². The van der Waals surface area contributed by atoms with Gasteiger partial charge >= 0.3 is 0 Å². The number of morpholine rings is 1. The molecule has 19 heavy (non-hydrogen) atoms. The van der Waals surface area contributed by atoms with E-state index >= 15 is 0 Å². The first-order valence-corrected chi connectivity index (χ1v) is 6.54. The molecule has 0 aromatic heterocycles. The highest BCUT2D eigenvalue weighted by Gasteiger charge is 2.11. The highest BCUT2D eigenvalue weighted by Crippen LogP contribution is 2.28. The number of methoxy groups -OCH3 is 1. The molecule has 1 N–H and O–H groups in total. The Bertz CT molecular complexity index is 391. The Hall–Kier alpha value is -1.30. The molecule has 2 rings (SSSR count). The average Bonchev–Trinajstić information content (AvgIpc) is 2.48. The van der Waals surface area contributed by atoms with Crippen molar-refractivity contribution < 1.29 is 19.3 Å². The summed E-state index contributed by atoms with van der Waals surface area (Å²) in [6.07, 6.45) is 0. The molecule has 106 valence electrons. The summed E-state index contributed by atoms with van der Waals surface area (Å²) in [4.78, 5) is 2.31. The Balaban J connectivity index is 1.86. The molecule has 1 fully saturated rings. The average molecular weight is 267 g/mol. The van der Waals surface area contributed by atoms with Crippen LogP contribution in [0.1, 0.15) is 5.56 Å². The van der Waals surface area contributed by atoms with Crippen molar-refractivity contribution in [1.29, 1.82) is 0 Å². The lowest BCUT2D eigenvalue weighted by molar-refractivity contribution is 0.0321. The molecule has 1 aliphatic rings. The molecule has 5 nitrogen and oxygen atoms in total. The minimum Gasteiger partial charge on any atom is -0.493 e. The van der Waals surface area contributed by atoms with E-state index in [0.29, 0.717) is 18.1 Å². The Kier molecular flexibility index (Phi) is 5.44. The van der Waals surface area contributed by atoms with Crippen LogP contribution in [0, 0.1) is 0 Å². The number of nitrogens with zero attached hydrogens (tertiary/aromatic N) is 1. The second kappa shape index (κ2) is 7.33. The van der Waals surface area contributed by atoms with Gasteiger partial charge in [0.1, 0.15) is 6.61 Å². The lowest BCUT2D eigenvalue weighted by atomic mass is 10.2. The summed E-state index contributed by atoms with van der Waals surface area (Å²) in [6.45, 7) is 4.98. The van der Waals surface area contributed by atoms with Gasteiger partial charge in [-0.2, -0.15) is 0 Å². The Morgan fingerprint density at radius 1 is 1.26 bits per heavy atom. The van der Waals surface area contributed by atoms with Crippen LogP contribution in [-0.2, 0) is 11.3 Å². The van der Waals surface area contributed by atoms with Gasteiger partial charge in [0.05, 0.1) is 26.9 Å². The fraction of sp³-hybridized carbons (Fsp3) is 0.571. The number of hydrogen-bond acceptors (Lipinski definition) is 5. The summed E-state index contributed by atoms with van der Waals surface area (Å²) in [5.41, 5.74) is 0.821. The molecular weight excluding hydrogens is 246 g/mol. The van der Waals surface area contributed by atoms with Crippen molar-refractivity contribution in [2.75, 3.05) is 46.6 Å². The van der Waals surface area contributed by atoms with E-state index in [1.807, 2.05) is 18.2 Å². The van der Waals surface area contributed by atoms with Gasteiger partial charge in [0, 0.05) is 19.6 Å². The van der Waals surface area contributed by atoms with E-state index in [-0.39, 0.29) is 6.61 Å². The Morgan fingerprint density at radius 2 is 2.05 bits per heavy atom. The highest BCUT2D eigenvalue weighted by molar-refractivity contribution is 5.42. The summed E-state index contributed by atoms with van der Waals surface area (Å²) in [5, 5.41) is 9.14. The van der Waals surface area contributed by atoms with Gasteiger partial charge < -0.3 is 19.3 Å². The zero-order valence-corrected chi connectivity index (χ0v) is 11.3. The minimum absolute atomic E-state index is 0.00379. The van der Waals surface area contributed by atoms with Gasteiger partial charge in [0.15, 0.2) is 11.5 Å². The second-order valence-electron chi connectivity index (χ2n) is 4.45. The monoisotopic (exact) mass is 267 g/mol. The van der Waals surface area contributed by atoms with E-state index in [1.54, 1.807) is 7.11 Å². The van der Waals surface area contributed by atoms with Gasteiger partial charge in [-0.1, -0.05) is 6.07 Å². The number of benzene rings is 1. The molecule has 0 saturated carbocycles. The molecule has 1 saturated heterocycles. The summed E-state index contributed by atoms with van der Waals surface area (Å²) in [6, 6.07) is 5.46. The maximum Gasteiger partial charge on any atom is 0.161 e. The number of aliphatic hydroxyl groups is 1. The van der Waals surface area contributed by atoms with Gasteiger partial charge in [-0.15, -0.1) is 0 Å². The highest BCUT2D eigenvalue weighted by atomic mass is 16.5. The smallest absolute Gasteiger partial charge is 0.161 e. The van der Waals surface area contributed by atoms with Gasteiger partial charge in [-0.25, -0.2) is 0 Å². The van der Waals surface area contributed by atoms with Crippen molar-refractivity contribution in [2.24, 2.45) is 0 Å². The molecule has 1 heterocycles. The van der Waals surface area contributed by atoms with Crippen LogP contribution in [0.25, 0.3) is 0 Å². The number of aliphatic hydroxyl groups excluding tert-OH is 1. The summed E-state index contributed by atoms with van der Waals surface area (Å²) in [5.74, 6) is 1.38. The predicted molar refractivity (Wildman–Crippen MR) is 71.7 cm³/mol. The van der Waals surface area contributed by atoms with Gasteiger partial charge in [-0.3, -0.25) is 4.90 Å². The number of ether oxygens (including phenoxy) is 3. The molecule has 0 bridgehead atoms. The van der Waals surface area contributed by atoms with Crippen molar-refractivity contribution in [1.82, 2.24) is 4.90 Å².